The van der Waals surface area contributed by atoms with Crippen molar-refractivity contribution in [1.29, 1.82) is 0 Å². The van der Waals surface area contributed by atoms with Crippen LogP contribution in [0.15, 0.2) is 29.2 Å². The van der Waals surface area contributed by atoms with Crippen LogP contribution in [0.2, 0.25) is 0 Å². The van der Waals surface area contributed by atoms with Crippen LogP contribution in [0.5, 0.6) is 0 Å². The molecule has 0 bridgehead atoms. The van der Waals surface area contributed by atoms with Gasteiger partial charge in [-0.25, -0.2) is 8.42 Å². The molecule has 2 rings (SSSR count). The fourth-order valence-electron chi connectivity index (χ4n) is 2.92. The predicted molar refractivity (Wildman–Crippen MR) is 86.3 cm³/mol. The summed E-state index contributed by atoms with van der Waals surface area (Å²) in [5.74, 6) is 0.248. The molecule has 0 saturated heterocycles. The van der Waals surface area contributed by atoms with Crippen molar-refractivity contribution >= 4 is 9.84 Å². The largest absolute Gasteiger partial charge is 0.310 e. The highest BCUT2D eigenvalue weighted by Crippen LogP contribution is 2.31. The number of nitrogens with one attached hydrogen (secondary N) is 1. The molecule has 0 spiro atoms. The van der Waals surface area contributed by atoms with Crippen molar-refractivity contribution in [3.05, 3.63) is 29.8 Å². The summed E-state index contributed by atoms with van der Waals surface area (Å²) in [5.41, 5.74) is 0.937. The zero-order chi connectivity index (χ0) is 15.3. The number of benzene rings is 1. The van der Waals surface area contributed by atoms with Crippen LogP contribution in [0.1, 0.15) is 38.3 Å². The van der Waals surface area contributed by atoms with Crippen molar-refractivity contribution < 1.29 is 8.42 Å². The Labute approximate surface area is 128 Å². The van der Waals surface area contributed by atoms with Gasteiger partial charge in [0.25, 0.3) is 0 Å². The van der Waals surface area contributed by atoms with Gasteiger partial charge in [0.1, 0.15) is 0 Å². The maximum absolute atomic E-state index is 12.1. The van der Waals surface area contributed by atoms with E-state index in [1.165, 1.54) is 0 Å². The van der Waals surface area contributed by atoms with E-state index in [-0.39, 0.29) is 11.8 Å². The molecule has 0 saturated carbocycles. The molecule has 0 aromatic heterocycles. The molecule has 1 aromatic carbocycles. The van der Waals surface area contributed by atoms with E-state index >= 15 is 0 Å². The van der Waals surface area contributed by atoms with Crippen LogP contribution < -0.4 is 5.32 Å². The number of hydrogen-bond acceptors (Lipinski definition) is 4. The summed E-state index contributed by atoms with van der Waals surface area (Å²) in [6.45, 7) is 8.54. The van der Waals surface area contributed by atoms with E-state index in [2.05, 4.69) is 24.1 Å². The minimum absolute atomic E-state index is 0.168. The van der Waals surface area contributed by atoms with Gasteiger partial charge < -0.3 is 10.2 Å². The fourth-order valence-corrected chi connectivity index (χ4v) is 4.54. The van der Waals surface area contributed by atoms with E-state index < -0.39 is 9.84 Å². The molecule has 1 aromatic rings. The molecule has 4 nitrogen and oxygen atoms in total. The Hall–Kier alpha value is -0.910. The molecule has 1 heterocycles. The molecule has 118 valence electrons. The van der Waals surface area contributed by atoms with Crippen molar-refractivity contribution in [2.45, 2.75) is 37.6 Å². The fraction of sp³-hybridized carbons (Fsp3) is 0.625. The van der Waals surface area contributed by atoms with Crippen LogP contribution in [0.4, 0.5) is 0 Å². The summed E-state index contributed by atoms with van der Waals surface area (Å²) in [6.07, 6.45) is 1.76. The third-order valence-electron chi connectivity index (χ3n) is 4.24. The van der Waals surface area contributed by atoms with Gasteiger partial charge in [0.2, 0.25) is 0 Å². The highest BCUT2D eigenvalue weighted by Gasteiger charge is 2.29. The van der Waals surface area contributed by atoms with Crippen molar-refractivity contribution in [2.75, 3.05) is 31.9 Å². The average Bonchev–Trinajstić information content (AvgIpc) is 2.50. The Balaban J connectivity index is 1.94. The lowest BCUT2D eigenvalue weighted by Crippen LogP contribution is -2.32. The van der Waals surface area contributed by atoms with Gasteiger partial charge in [0.15, 0.2) is 9.84 Å². The summed E-state index contributed by atoms with van der Waals surface area (Å²) < 4.78 is 24.2. The van der Waals surface area contributed by atoms with Gasteiger partial charge in [0.05, 0.1) is 10.6 Å². The van der Waals surface area contributed by atoms with Crippen LogP contribution >= 0.6 is 0 Å². The lowest BCUT2D eigenvalue weighted by atomic mass is 10.0. The molecule has 1 atom stereocenters. The first-order valence-electron chi connectivity index (χ1n) is 7.86. The SMILES string of the molecule is CCN(CC)CCCNC1CCS(=O)(=O)c2ccccc21. The predicted octanol–water partition coefficient (Wildman–Crippen LogP) is 2.23. The highest BCUT2D eigenvalue weighted by molar-refractivity contribution is 7.91. The minimum atomic E-state index is -3.08. The van der Waals surface area contributed by atoms with Gasteiger partial charge in [-0.15, -0.1) is 0 Å². The Bertz CT molecular complexity index is 553. The molecule has 1 aliphatic rings. The molecule has 21 heavy (non-hydrogen) atoms. The second-order valence-electron chi connectivity index (χ2n) is 5.53. The topological polar surface area (TPSA) is 49.4 Å². The maximum Gasteiger partial charge on any atom is 0.178 e. The number of sulfone groups is 1. The number of rotatable bonds is 7. The van der Waals surface area contributed by atoms with Crippen molar-refractivity contribution in [2.24, 2.45) is 0 Å². The first-order chi connectivity index (χ1) is 10.1. The Kier molecular flexibility index (Phi) is 5.79. The second kappa shape index (κ2) is 7.38. The third-order valence-corrected chi connectivity index (χ3v) is 6.06. The molecule has 1 unspecified atom stereocenters. The monoisotopic (exact) mass is 310 g/mol. The van der Waals surface area contributed by atoms with Crippen molar-refractivity contribution in [3.8, 4) is 0 Å². The minimum Gasteiger partial charge on any atom is -0.310 e. The lowest BCUT2D eigenvalue weighted by molar-refractivity contribution is 0.295. The van der Waals surface area contributed by atoms with Gasteiger partial charge >= 0.3 is 0 Å². The quantitative estimate of drug-likeness (QED) is 0.785. The molecule has 0 aliphatic carbocycles. The second-order valence-corrected chi connectivity index (χ2v) is 7.61. The van der Waals surface area contributed by atoms with Crippen LogP contribution in [0.3, 0.4) is 0 Å². The summed E-state index contributed by atoms with van der Waals surface area (Å²) in [5, 5.41) is 3.53. The zero-order valence-corrected chi connectivity index (χ0v) is 13.8. The van der Waals surface area contributed by atoms with Gasteiger partial charge in [-0.3, -0.25) is 0 Å². The Morgan fingerprint density at radius 1 is 1.24 bits per heavy atom. The summed E-state index contributed by atoms with van der Waals surface area (Å²) in [6, 6.07) is 7.56. The molecule has 0 amide bonds. The molecule has 1 N–H and O–H groups in total. The molecule has 1 aliphatic heterocycles. The summed E-state index contributed by atoms with van der Waals surface area (Å²) in [7, 11) is -3.08. The molecule has 0 radical (unpaired) electrons. The molecular weight excluding hydrogens is 284 g/mol. The van der Waals surface area contributed by atoms with Crippen LogP contribution in [0, 0.1) is 0 Å². The number of hydrogen-bond donors (Lipinski definition) is 1. The van der Waals surface area contributed by atoms with Gasteiger partial charge in [-0.2, -0.15) is 0 Å². The van der Waals surface area contributed by atoms with E-state index in [1.54, 1.807) is 12.1 Å². The molecule has 5 heteroatoms. The first kappa shape index (κ1) is 16.5. The van der Waals surface area contributed by atoms with Crippen LogP contribution in [-0.4, -0.2) is 45.2 Å². The standard InChI is InChI=1S/C16H26N2O2S/c1-3-18(4-2)12-7-11-17-15-10-13-21(19,20)16-9-6-5-8-14(15)16/h5-6,8-9,15,17H,3-4,7,10-13H2,1-2H3. The van der Waals surface area contributed by atoms with E-state index in [0.717, 1.165) is 38.2 Å². The van der Waals surface area contributed by atoms with Gasteiger partial charge in [0, 0.05) is 6.04 Å². The van der Waals surface area contributed by atoms with E-state index in [4.69, 9.17) is 0 Å². The highest BCUT2D eigenvalue weighted by atomic mass is 32.2. The van der Waals surface area contributed by atoms with Crippen molar-refractivity contribution in [3.63, 3.8) is 0 Å². The Morgan fingerprint density at radius 2 is 1.95 bits per heavy atom. The van der Waals surface area contributed by atoms with Gasteiger partial charge in [-0.05, 0) is 50.7 Å². The number of nitrogens with zero attached hydrogens (tertiary/aromatic N) is 1. The van der Waals surface area contributed by atoms with Crippen LogP contribution in [-0.2, 0) is 9.84 Å². The summed E-state index contributed by atoms with van der Waals surface area (Å²) in [4.78, 5) is 2.92. The zero-order valence-electron chi connectivity index (χ0n) is 13.0. The summed E-state index contributed by atoms with van der Waals surface area (Å²) >= 11 is 0. The molecular formula is C16H26N2O2S. The van der Waals surface area contributed by atoms with E-state index in [0.29, 0.717) is 11.3 Å². The Morgan fingerprint density at radius 3 is 2.67 bits per heavy atom. The third kappa shape index (κ3) is 4.05. The average molecular weight is 310 g/mol. The van der Waals surface area contributed by atoms with E-state index in [9.17, 15) is 8.42 Å². The first-order valence-corrected chi connectivity index (χ1v) is 9.51. The number of fused-ring (bicyclic) bond motifs is 1. The van der Waals surface area contributed by atoms with Gasteiger partial charge in [-0.1, -0.05) is 32.0 Å². The normalized spacial score (nSPS) is 20.4. The molecule has 0 fully saturated rings. The van der Waals surface area contributed by atoms with E-state index in [1.807, 2.05) is 12.1 Å². The van der Waals surface area contributed by atoms with Crippen LogP contribution in [0.25, 0.3) is 0 Å². The van der Waals surface area contributed by atoms with Crippen molar-refractivity contribution in [1.82, 2.24) is 10.2 Å². The maximum atomic E-state index is 12.1. The smallest absolute Gasteiger partial charge is 0.178 e. The lowest BCUT2D eigenvalue weighted by Gasteiger charge is -2.27.